The molecule has 2 heterocycles. The number of anilines is 3. The Balaban J connectivity index is 1.32. The molecule has 0 bridgehead atoms. The van der Waals surface area contributed by atoms with Crippen molar-refractivity contribution in [3.8, 4) is 0 Å². The van der Waals surface area contributed by atoms with Crippen LogP contribution in [0.1, 0.15) is 17.5 Å². The van der Waals surface area contributed by atoms with E-state index in [4.69, 9.17) is 10.5 Å². The van der Waals surface area contributed by atoms with Gasteiger partial charge in [-0.15, -0.1) is 0 Å². The second-order valence-electron chi connectivity index (χ2n) is 8.98. The summed E-state index contributed by atoms with van der Waals surface area (Å²) in [4.78, 5) is 28.9. The molecule has 3 aromatic rings. The minimum Gasteiger partial charge on any atom is -0.445 e. The van der Waals surface area contributed by atoms with Crippen LogP contribution in [0.3, 0.4) is 0 Å². The summed E-state index contributed by atoms with van der Waals surface area (Å²) in [6.45, 7) is 3.14. The van der Waals surface area contributed by atoms with Gasteiger partial charge in [-0.3, -0.25) is 15.2 Å². The van der Waals surface area contributed by atoms with Crippen molar-refractivity contribution in [2.75, 3.05) is 29.6 Å². The van der Waals surface area contributed by atoms with Gasteiger partial charge in [-0.05, 0) is 36.8 Å². The average molecular weight is 516 g/mol. The molecule has 2 aliphatic rings. The van der Waals surface area contributed by atoms with Crippen molar-refractivity contribution in [2.24, 2.45) is 0 Å². The zero-order valence-electron chi connectivity index (χ0n) is 20.5. The lowest BCUT2D eigenvalue weighted by atomic mass is 10.2. The van der Waals surface area contributed by atoms with Gasteiger partial charge in [0.1, 0.15) is 6.61 Å². The number of ether oxygens (including phenoxy) is 1. The van der Waals surface area contributed by atoms with E-state index in [-0.39, 0.29) is 18.6 Å². The molecular weight excluding hydrogens is 486 g/mol. The Morgan fingerprint density at radius 1 is 1.03 bits per heavy atom. The van der Waals surface area contributed by atoms with Crippen molar-refractivity contribution < 1.29 is 14.3 Å². The Morgan fingerprint density at radius 3 is 2.51 bits per heavy atom. The molecule has 0 aromatic heterocycles. The molecule has 0 spiro atoms. The zero-order valence-corrected chi connectivity index (χ0v) is 21.3. The highest BCUT2D eigenvalue weighted by atomic mass is 32.2. The number of hydrazine groups is 1. The summed E-state index contributed by atoms with van der Waals surface area (Å²) < 4.78 is 5.55. The summed E-state index contributed by atoms with van der Waals surface area (Å²) in [5.41, 5.74) is 14.5. The Hall–Kier alpha value is -4.11. The van der Waals surface area contributed by atoms with Crippen LogP contribution in [-0.2, 0) is 16.1 Å². The first-order valence-electron chi connectivity index (χ1n) is 12.1. The van der Waals surface area contributed by atoms with Crippen LogP contribution in [0, 0.1) is 6.92 Å². The van der Waals surface area contributed by atoms with Gasteiger partial charge in [0, 0.05) is 23.6 Å². The largest absolute Gasteiger partial charge is 0.445 e. The second-order valence-corrected chi connectivity index (χ2v) is 10.2. The standard InChI is InChI=1S/C28H29N5O3S/c1-19-11-13-21(14-12-19)31-33-24-15-16-32(28(35)36-18-20-7-3-2-4-8-20)17-25(24)37-27(33)26(34)30-23-10-6-5-9-22(23)29/h2-14,27,31H,15-18,29H2,1H3,(H,30,34). The van der Waals surface area contributed by atoms with E-state index in [9.17, 15) is 9.59 Å². The Kier molecular flexibility index (Phi) is 7.23. The Bertz CT molecular complexity index is 1310. The van der Waals surface area contributed by atoms with E-state index < -0.39 is 5.37 Å². The van der Waals surface area contributed by atoms with Crippen molar-refractivity contribution in [1.29, 1.82) is 0 Å². The molecule has 4 N–H and O–H groups in total. The van der Waals surface area contributed by atoms with Gasteiger partial charge in [-0.2, -0.15) is 0 Å². The van der Waals surface area contributed by atoms with Crippen molar-refractivity contribution >= 4 is 40.8 Å². The van der Waals surface area contributed by atoms with E-state index in [1.165, 1.54) is 11.8 Å². The third kappa shape index (κ3) is 5.67. The Morgan fingerprint density at radius 2 is 1.76 bits per heavy atom. The molecule has 8 nitrogen and oxygen atoms in total. The van der Waals surface area contributed by atoms with Gasteiger partial charge in [-0.1, -0.05) is 71.9 Å². The van der Waals surface area contributed by atoms with E-state index in [1.807, 2.05) is 78.7 Å². The highest BCUT2D eigenvalue weighted by molar-refractivity contribution is 8.04. The zero-order chi connectivity index (χ0) is 25.8. The third-order valence-electron chi connectivity index (χ3n) is 6.26. The lowest BCUT2D eigenvalue weighted by molar-refractivity contribution is -0.117. The van der Waals surface area contributed by atoms with Gasteiger partial charge in [-0.25, -0.2) is 4.79 Å². The van der Waals surface area contributed by atoms with E-state index in [0.29, 0.717) is 30.9 Å². The van der Waals surface area contributed by atoms with Gasteiger partial charge < -0.3 is 20.7 Å². The number of hydrogen-bond acceptors (Lipinski definition) is 7. The number of carbonyl (C=O) groups excluding carboxylic acids is 2. The number of para-hydroxylation sites is 2. The predicted octanol–water partition coefficient (Wildman–Crippen LogP) is 5.17. The molecule has 0 saturated carbocycles. The van der Waals surface area contributed by atoms with Crippen LogP contribution >= 0.6 is 11.8 Å². The fourth-order valence-electron chi connectivity index (χ4n) is 4.25. The smallest absolute Gasteiger partial charge is 0.410 e. The first-order valence-corrected chi connectivity index (χ1v) is 13.0. The van der Waals surface area contributed by atoms with Crippen LogP contribution in [0.5, 0.6) is 0 Å². The van der Waals surface area contributed by atoms with Crippen LogP contribution in [-0.4, -0.2) is 40.4 Å². The summed E-state index contributed by atoms with van der Waals surface area (Å²) in [5, 5.41) is 4.29. The van der Waals surface area contributed by atoms with E-state index in [1.54, 1.807) is 17.0 Å². The summed E-state index contributed by atoms with van der Waals surface area (Å²) >= 11 is 1.43. The number of rotatable bonds is 6. The maximum Gasteiger partial charge on any atom is 0.410 e. The van der Waals surface area contributed by atoms with Gasteiger partial charge in [0.05, 0.1) is 23.6 Å². The fraction of sp³-hybridized carbons (Fsp3) is 0.214. The maximum absolute atomic E-state index is 13.4. The monoisotopic (exact) mass is 515 g/mol. The normalized spacial score (nSPS) is 16.8. The highest BCUT2D eigenvalue weighted by Crippen LogP contribution is 2.43. The number of hydrogen-bond donors (Lipinski definition) is 3. The second kappa shape index (κ2) is 10.9. The van der Waals surface area contributed by atoms with E-state index in [2.05, 4.69) is 10.7 Å². The van der Waals surface area contributed by atoms with Gasteiger partial charge in [0.15, 0.2) is 5.37 Å². The lowest BCUT2D eigenvalue weighted by Crippen LogP contribution is -2.43. The van der Waals surface area contributed by atoms with Crippen LogP contribution in [0.15, 0.2) is 89.5 Å². The quantitative estimate of drug-likeness (QED) is 0.389. The SMILES string of the molecule is Cc1ccc(NN2C3=C(CN(C(=O)OCc4ccccc4)CC3)SC2C(=O)Nc2ccccc2N)cc1. The molecule has 9 heteroatoms. The summed E-state index contributed by atoms with van der Waals surface area (Å²) in [6.07, 6.45) is 0.234. The number of nitrogens with zero attached hydrogens (tertiary/aromatic N) is 2. The number of nitrogen functional groups attached to an aromatic ring is 1. The summed E-state index contributed by atoms with van der Waals surface area (Å²) in [6, 6.07) is 24.8. The van der Waals surface area contributed by atoms with Crippen molar-refractivity contribution in [1.82, 2.24) is 9.91 Å². The number of aryl methyl sites for hydroxylation is 1. The minimum absolute atomic E-state index is 0.199. The number of thioether (sulfide) groups is 1. The highest BCUT2D eigenvalue weighted by Gasteiger charge is 2.41. The first kappa shape index (κ1) is 24.6. The number of amides is 2. The summed E-state index contributed by atoms with van der Waals surface area (Å²) in [7, 11) is 0. The van der Waals surface area contributed by atoms with Crippen molar-refractivity contribution in [3.05, 3.63) is 101 Å². The molecule has 5 rings (SSSR count). The summed E-state index contributed by atoms with van der Waals surface area (Å²) in [5.74, 6) is -0.199. The Labute approximate surface area is 220 Å². The van der Waals surface area contributed by atoms with Crippen molar-refractivity contribution in [2.45, 2.75) is 25.3 Å². The molecule has 1 atom stereocenters. The molecule has 0 saturated heterocycles. The lowest BCUT2D eigenvalue weighted by Gasteiger charge is -2.32. The minimum atomic E-state index is -0.578. The topological polar surface area (TPSA) is 99.9 Å². The van der Waals surface area contributed by atoms with Crippen LogP contribution in [0.4, 0.5) is 21.9 Å². The number of nitrogens with two attached hydrogens (primary N) is 1. The molecule has 0 fully saturated rings. The fourth-order valence-corrected chi connectivity index (χ4v) is 5.54. The van der Waals surface area contributed by atoms with Gasteiger partial charge >= 0.3 is 6.09 Å². The molecule has 2 aliphatic heterocycles. The van der Waals surface area contributed by atoms with Crippen LogP contribution < -0.4 is 16.5 Å². The van der Waals surface area contributed by atoms with Crippen molar-refractivity contribution in [3.63, 3.8) is 0 Å². The van der Waals surface area contributed by atoms with Gasteiger partial charge in [0.2, 0.25) is 0 Å². The van der Waals surface area contributed by atoms with E-state index >= 15 is 0 Å². The average Bonchev–Trinajstić information content (AvgIpc) is 3.28. The molecule has 1 unspecified atom stereocenters. The molecule has 0 aliphatic carbocycles. The van der Waals surface area contributed by atoms with Crippen LogP contribution in [0.2, 0.25) is 0 Å². The van der Waals surface area contributed by atoms with Gasteiger partial charge in [0.25, 0.3) is 5.91 Å². The predicted molar refractivity (Wildman–Crippen MR) is 147 cm³/mol. The molecule has 0 radical (unpaired) electrons. The van der Waals surface area contributed by atoms with Crippen LogP contribution in [0.25, 0.3) is 0 Å². The molecule has 3 aromatic carbocycles. The molecule has 2 amide bonds. The number of benzene rings is 3. The molecular formula is C28H29N5O3S. The molecule has 190 valence electrons. The maximum atomic E-state index is 13.4. The third-order valence-corrected chi connectivity index (χ3v) is 7.56. The van der Waals surface area contributed by atoms with E-state index in [0.717, 1.165) is 27.4 Å². The molecule has 37 heavy (non-hydrogen) atoms. The first-order chi connectivity index (χ1) is 18.0. The number of carbonyl (C=O) groups is 2. The number of nitrogens with one attached hydrogen (secondary N) is 2.